The summed E-state index contributed by atoms with van der Waals surface area (Å²) >= 11 is 0. The Hall–Kier alpha value is -3.70. The zero-order valence-electron chi connectivity index (χ0n) is 20.3. The molecule has 1 fully saturated rings. The SMILES string of the molecule is Cc1n[nH]c(C)c1-c1nc(N2CCN(C(=O)N3N=CC[C@H]3C3(C)C=C(F)C=C(F)C3)CC2)ncc1F. The second-order valence-corrected chi connectivity index (χ2v) is 9.63. The number of urea groups is 1. The van der Waals surface area contributed by atoms with Gasteiger partial charge in [-0.3, -0.25) is 5.10 Å². The van der Waals surface area contributed by atoms with Crippen LogP contribution >= 0.6 is 0 Å². The van der Waals surface area contributed by atoms with E-state index in [0.717, 1.165) is 12.3 Å². The second kappa shape index (κ2) is 9.07. The van der Waals surface area contributed by atoms with Gasteiger partial charge >= 0.3 is 6.03 Å². The fourth-order valence-corrected chi connectivity index (χ4v) is 5.16. The van der Waals surface area contributed by atoms with Crippen molar-refractivity contribution in [2.75, 3.05) is 31.1 Å². The Morgan fingerprint density at radius 3 is 2.58 bits per heavy atom. The maximum absolute atomic E-state index is 14.6. The summed E-state index contributed by atoms with van der Waals surface area (Å²) in [6.07, 6.45) is 5.43. The van der Waals surface area contributed by atoms with Crippen molar-refractivity contribution >= 4 is 18.2 Å². The molecular formula is C24H27F3N8O. The normalized spacial score (nSPS) is 24.3. The van der Waals surface area contributed by atoms with Gasteiger partial charge in [-0.2, -0.15) is 10.2 Å². The molecule has 36 heavy (non-hydrogen) atoms. The van der Waals surface area contributed by atoms with Crippen molar-refractivity contribution in [3.63, 3.8) is 0 Å². The summed E-state index contributed by atoms with van der Waals surface area (Å²) in [6, 6.07) is -0.804. The van der Waals surface area contributed by atoms with Crippen LogP contribution in [0.3, 0.4) is 0 Å². The number of halogens is 3. The van der Waals surface area contributed by atoms with Gasteiger partial charge in [0.25, 0.3) is 0 Å². The van der Waals surface area contributed by atoms with Gasteiger partial charge in [0.05, 0.1) is 17.9 Å². The van der Waals surface area contributed by atoms with Gasteiger partial charge in [0, 0.05) is 68.0 Å². The van der Waals surface area contributed by atoms with Crippen molar-refractivity contribution in [3.8, 4) is 11.3 Å². The first-order chi connectivity index (χ1) is 17.2. The summed E-state index contributed by atoms with van der Waals surface area (Å²) in [5.74, 6) is -1.36. The smallest absolute Gasteiger partial charge is 0.337 e. The quantitative estimate of drug-likeness (QED) is 0.687. The van der Waals surface area contributed by atoms with Crippen LogP contribution in [-0.4, -0.2) is 74.5 Å². The Labute approximate surface area is 206 Å². The van der Waals surface area contributed by atoms with E-state index in [0.29, 0.717) is 55.5 Å². The number of aromatic amines is 1. The first kappa shape index (κ1) is 24.0. The van der Waals surface area contributed by atoms with Crippen LogP contribution < -0.4 is 4.90 Å². The minimum absolute atomic E-state index is 0.00581. The molecule has 0 spiro atoms. The summed E-state index contributed by atoms with van der Waals surface area (Å²) in [5, 5.41) is 12.5. The molecular weight excluding hydrogens is 473 g/mol. The highest BCUT2D eigenvalue weighted by molar-refractivity contribution is 5.79. The monoisotopic (exact) mass is 500 g/mol. The molecule has 12 heteroatoms. The van der Waals surface area contributed by atoms with Crippen molar-refractivity contribution in [2.45, 2.75) is 39.7 Å². The van der Waals surface area contributed by atoms with Crippen LogP contribution in [0.2, 0.25) is 0 Å². The topological polar surface area (TPSA) is 93.6 Å². The van der Waals surface area contributed by atoms with Crippen molar-refractivity contribution in [2.24, 2.45) is 10.5 Å². The van der Waals surface area contributed by atoms with Crippen LogP contribution in [0.5, 0.6) is 0 Å². The highest BCUT2D eigenvalue weighted by Crippen LogP contribution is 2.42. The highest BCUT2D eigenvalue weighted by Gasteiger charge is 2.44. The molecule has 1 N–H and O–H groups in total. The Bertz CT molecular complexity index is 1260. The number of rotatable bonds is 3. The molecule has 2 aromatic heterocycles. The van der Waals surface area contributed by atoms with E-state index in [1.54, 1.807) is 31.9 Å². The van der Waals surface area contributed by atoms with Gasteiger partial charge in [-0.05, 0) is 19.9 Å². The van der Waals surface area contributed by atoms with Gasteiger partial charge in [-0.25, -0.2) is 32.9 Å². The summed E-state index contributed by atoms with van der Waals surface area (Å²) in [5.41, 5.74) is 1.24. The lowest BCUT2D eigenvalue weighted by Gasteiger charge is -2.41. The van der Waals surface area contributed by atoms with Crippen molar-refractivity contribution in [1.82, 2.24) is 30.1 Å². The average Bonchev–Trinajstić information content (AvgIpc) is 3.46. The van der Waals surface area contributed by atoms with E-state index in [4.69, 9.17) is 0 Å². The van der Waals surface area contributed by atoms with Gasteiger partial charge in [-0.1, -0.05) is 6.92 Å². The molecule has 2 atom stereocenters. The van der Waals surface area contributed by atoms with Crippen molar-refractivity contribution < 1.29 is 18.0 Å². The molecule has 3 aliphatic rings. The fraction of sp³-hybridized carbons (Fsp3) is 0.458. The van der Waals surface area contributed by atoms with Gasteiger partial charge in [0.15, 0.2) is 5.82 Å². The van der Waals surface area contributed by atoms with E-state index < -0.39 is 28.9 Å². The summed E-state index contributed by atoms with van der Waals surface area (Å²) in [6.45, 7) is 6.93. The van der Waals surface area contributed by atoms with Gasteiger partial charge in [0.2, 0.25) is 5.95 Å². The van der Waals surface area contributed by atoms with Crippen LogP contribution in [-0.2, 0) is 0 Å². The number of H-pyrrole nitrogens is 1. The number of carbonyl (C=O) groups excluding carboxylic acids is 1. The Kier molecular flexibility index (Phi) is 6.05. The first-order valence-electron chi connectivity index (χ1n) is 11.8. The molecule has 1 unspecified atom stereocenters. The maximum Gasteiger partial charge on any atom is 0.340 e. The zero-order chi connectivity index (χ0) is 25.6. The largest absolute Gasteiger partial charge is 0.340 e. The number of nitrogens with zero attached hydrogens (tertiary/aromatic N) is 7. The number of hydrogen-bond donors (Lipinski definition) is 1. The Morgan fingerprint density at radius 2 is 1.92 bits per heavy atom. The van der Waals surface area contributed by atoms with Crippen LogP contribution in [0.1, 0.15) is 31.2 Å². The van der Waals surface area contributed by atoms with Gasteiger partial charge < -0.3 is 9.80 Å². The van der Waals surface area contributed by atoms with E-state index in [1.807, 2.05) is 4.90 Å². The molecule has 0 bridgehead atoms. The standard InChI is InChI=1S/C24H27F3N8O/c1-14-20(15(2)32-31-14)21-18(27)13-28-22(30-21)33-6-8-34(9-7-33)23(36)35-19(4-5-29-35)24(3)11-16(25)10-17(26)12-24/h5,10-11,13,19H,4,6-9,12H2,1-3H3,(H,31,32)/t19-,24?/m0/s1. The third-order valence-electron chi connectivity index (χ3n) is 7.03. The number of aryl methyl sites for hydroxylation is 2. The summed E-state index contributed by atoms with van der Waals surface area (Å²) in [4.78, 5) is 25.5. The van der Waals surface area contributed by atoms with Crippen molar-refractivity contribution in [1.29, 1.82) is 0 Å². The molecule has 4 heterocycles. The molecule has 1 saturated heterocycles. The molecule has 2 amide bonds. The third kappa shape index (κ3) is 4.24. The molecule has 9 nitrogen and oxygen atoms in total. The molecule has 5 rings (SSSR count). The number of hydrazone groups is 1. The molecule has 1 aliphatic carbocycles. The number of anilines is 1. The zero-order valence-corrected chi connectivity index (χ0v) is 20.3. The lowest BCUT2D eigenvalue weighted by atomic mass is 9.75. The fourth-order valence-electron chi connectivity index (χ4n) is 5.16. The van der Waals surface area contributed by atoms with Gasteiger partial charge in [0.1, 0.15) is 17.3 Å². The molecule has 0 radical (unpaired) electrons. The molecule has 190 valence electrons. The lowest BCUT2D eigenvalue weighted by Crippen LogP contribution is -2.55. The number of hydrogen-bond acceptors (Lipinski definition) is 6. The minimum atomic E-state index is -0.904. The predicted molar refractivity (Wildman–Crippen MR) is 128 cm³/mol. The third-order valence-corrected chi connectivity index (χ3v) is 7.03. The van der Waals surface area contributed by atoms with E-state index in [9.17, 15) is 18.0 Å². The second-order valence-electron chi connectivity index (χ2n) is 9.63. The molecule has 0 aromatic carbocycles. The highest BCUT2D eigenvalue weighted by atomic mass is 19.1. The molecule has 2 aromatic rings. The molecule has 2 aliphatic heterocycles. The minimum Gasteiger partial charge on any atom is -0.337 e. The first-order valence-corrected chi connectivity index (χ1v) is 11.8. The van der Waals surface area contributed by atoms with E-state index in [2.05, 4.69) is 25.3 Å². The maximum atomic E-state index is 14.6. The number of carbonyl (C=O) groups is 1. The number of piperazine rings is 1. The molecule has 0 saturated carbocycles. The summed E-state index contributed by atoms with van der Waals surface area (Å²) in [7, 11) is 0. The van der Waals surface area contributed by atoms with Crippen molar-refractivity contribution in [3.05, 3.63) is 47.2 Å². The van der Waals surface area contributed by atoms with Gasteiger partial charge in [-0.15, -0.1) is 0 Å². The van der Waals surface area contributed by atoms with E-state index in [1.165, 1.54) is 11.1 Å². The number of allylic oxidation sites excluding steroid dienone is 3. The average molecular weight is 501 g/mol. The number of nitrogens with one attached hydrogen (secondary N) is 1. The van der Waals surface area contributed by atoms with Crippen LogP contribution in [0.4, 0.5) is 23.9 Å². The van der Waals surface area contributed by atoms with E-state index in [-0.39, 0.29) is 18.1 Å². The summed E-state index contributed by atoms with van der Waals surface area (Å²) < 4.78 is 42.6. The van der Waals surface area contributed by atoms with E-state index >= 15 is 0 Å². The van der Waals surface area contributed by atoms with Crippen LogP contribution in [0.25, 0.3) is 11.3 Å². The lowest BCUT2D eigenvalue weighted by molar-refractivity contribution is 0.103. The predicted octanol–water partition coefficient (Wildman–Crippen LogP) is 4.04. The Morgan fingerprint density at radius 1 is 1.17 bits per heavy atom. The Balaban J connectivity index is 1.28. The number of amides is 2. The number of aromatic nitrogens is 4. The van der Waals surface area contributed by atoms with Crippen LogP contribution in [0.15, 0.2) is 35.1 Å². The van der Waals surface area contributed by atoms with Crippen LogP contribution in [0, 0.1) is 25.1 Å².